The molecule has 2 amide bonds. The second-order valence-electron chi connectivity index (χ2n) is 7.53. The van der Waals surface area contributed by atoms with Gasteiger partial charge in [0.05, 0.1) is 11.7 Å². The Bertz CT molecular complexity index is 1260. The number of hydrogen-bond acceptors (Lipinski definition) is 5. The van der Waals surface area contributed by atoms with E-state index in [0.29, 0.717) is 6.54 Å². The molecule has 1 saturated heterocycles. The van der Waals surface area contributed by atoms with Gasteiger partial charge in [0.15, 0.2) is 5.13 Å². The van der Waals surface area contributed by atoms with Gasteiger partial charge in [0, 0.05) is 41.3 Å². The maximum absolute atomic E-state index is 13.4. The lowest BCUT2D eigenvalue weighted by Crippen LogP contribution is -2.29. The highest BCUT2D eigenvalue weighted by Gasteiger charge is 2.33. The van der Waals surface area contributed by atoms with Crippen LogP contribution in [0.2, 0.25) is 0 Å². The maximum atomic E-state index is 13.4. The molecule has 2 aromatic heterocycles. The number of benzene rings is 2. The number of pyridine rings is 1. The standard InChI is InChI=1S/C24H20FN5OS/c1-15-4-9-19(30-22(13-27-24(30)31)16-5-7-18(25)8-6-16)11-20(15)28-23-29-21(14-32-23)17-3-2-10-26-12-17/h2-12,14,22H,13H2,1H3,(H,27,31)(H,28,29). The third-order valence-corrected chi connectivity index (χ3v) is 6.19. The van der Waals surface area contributed by atoms with Gasteiger partial charge in [0.1, 0.15) is 5.82 Å². The molecule has 6 nitrogen and oxygen atoms in total. The average molecular weight is 446 g/mol. The molecule has 0 spiro atoms. The van der Waals surface area contributed by atoms with Crippen molar-refractivity contribution in [3.05, 3.63) is 89.3 Å². The van der Waals surface area contributed by atoms with Gasteiger partial charge in [-0.25, -0.2) is 14.2 Å². The van der Waals surface area contributed by atoms with Gasteiger partial charge in [0.2, 0.25) is 0 Å². The molecule has 8 heteroatoms. The number of amides is 2. The molecule has 0 aliphatic carbocycles. The van der Waals surface area contributed by atoms with Gasteiger partial charge < -0.3 is 10.6 Å². The first-order valence-electron chi connectivity index (χ1n) is 10.1. The van der Waals surface area contributed by atoms with E-state index in [4.69, 9.17) is 0 Å². The highest BCUT2D eigenvalue weighted by Crippen LogP contribution is 2.35. The zero-order valence-corrected chi connectivity index (χ0v) is 18.1. The van der Waals surface area contributed by atoms with Gasteiger partial charge in [-0.05, 0) is 54.4 Å². The highest BCUT2D eigenvalue weighted by atomic mass is 32.1. The van der Waals surface area contributed by atoms with Crippen molar-refractivity contribution in [3.8, 4) is 11.3 Å². The number of halogens is 1. The first-order chi connectivity index (χ1) is 15.6. The summed E-state index contributed by atoms with van der Waals surface area (Å²) in [5, 5.41) is 9.01. The van der Waals surface area contributed by atoms with Crippen molar-refractivity contribution >= 4 is 33.9 Å². The van der Waals surface area contributed by atoms with Crippen LogP contribution >= 0.6 is 11.3 Å². The Morgan fingerprint density at radius 1 is 1.19 bits per heavy atom. The third kappa shape index (κ3) is 3.92. The number of anilines is 3. The Hall–Kier alpha value is -3.78. The molecule has 1 aliphatic rings. The Labute approximate surface area is 188 Å². The van der Waals surface area contributed by atoms with Gasteiger partial charge >= 0.3 is 6.03 Å². The summed E-state index contributed by atoms with van der Waals surface area (Å²) in [6.45, 7) is 2.46. The minimum atomic E-state index is -0.298. The highest BCUT2D eigenvalue weighted by molar-refractivity contribution is 7.14. The van der Waals surface area contributed by atoms with Crippen LogP contribution in [0.4, 0.5) is 25.7 Å². The van der Waals surface area contributed by atoms with Crippen LogP contribution in [0.15, 0.2) is 72.4 Å². The third-order valence-electron chi connectivity index (χ3n) is 5.43. The quantitative estimate of drug-likeness (QED) is 0.415. The summed E-state index contributed by atoms with van der Waals surface area (Å²) < 4.78 is 13.4. The zero-order valence-electron chi connectivity index (χ0n) is 17.2. The lowest BCUT2D eigenvalue weighted by atomic mass is 10.1. The van der Waals surface area contributed by atoms with E-state index in [2.05, 4.69) is 20.6 Å². The van der Waals surface area contributed by atoms with Gasteiger partial charge in [-0.3, -0.25) is 9.88 Å². The molecule has 3 heterocycles. The molecule has 0 saturated carbocycles. The predicted octanol–water partition coefficient (Wildman–Crippen LogP) is 5.67. The van der Waals surface area contributed by atoms with Crippen molar-refractivity contribution in [2.75, 3.05) is 16.8 Å². The minimum Gasteiger partial charge on any atom is -0.335 e. The van der Waals surface area contributed by atoms with Crippen LogP contribution in [0.3, 0.4) is 0 Å². The fraction of sp³-hybridized carbons (Fsp3) is 0.125. The van der Waals surface area contributed by atoms with Crippen LogP contribution in [0.1, 0.15) is 17.2 Å². The minimum absolute atomic E-state index is 0.178. The van der Waals surface area contributed by atoms with E-state index >= 15 is 0 Å². The Morgan fingerprint density at radius 3 is 2.81 bits per heavy atom. The Balaban J connectivity index is 1.43. The number of thiazole rings is 1. The van der Waals surface area contributed by atoms with Crippen LogP contribution < -0.4 is 15.5 Å². The van der Waals surface area contributed by atoms with Gasteiger partial charge in [-0.2, -0.15) is 0 Å². The number of hydrogen-bond donors (Lipinski definition) is 2. The molecule has 1 atom stereocenters. The Kier molecular flexibility index (Phi) is 5.28. The Morgan fingerprint density at radius 2 is 2.03 bits per heavy atom. The molecule has 2 aromatic carbocycles. The molecule has 1 aliphatic heterocycles. The van der Waals surface area contributed by atoms with Gasteiger partial charge in [-0.15, -0.1) is 11.3 Å². The number of carbonyl (C=O) groups is 1. The lowest BCUT2D eigenvalue weighted by molar-refractivity contribution is 0.251. The fourth-order valence-corrected chi connectivity index (χ4v) is 4.47. The molecule has 32 heavy (non-hydrogen) atoms. The first-order valence-corrected chi connectivity index (χ1v) is 11.0. The lowest BCUT2D eigenvalue weighted by Gasteiger charge is -2.24. The predicted molar refractivity (Wildman–Crippen MR) is 125 cm³/mol. The number of rotatable bonds is 5. The topological polar surface area (TPSA) is 70.2 Å². The number of urea groups is 1. The SMILES string of the molecule is Cc1ccc(N2C(=O)NCC2c2ccc(F)cc2)cc1Nc1nc(-c2cccnc2)cs1. The van der Waals surface area contributed by atoms with E-state index in [1.807, 2.05) is 42.6 Å². The van der Waals surface area contributed by atoms with Crippen molar-refractivity contribution in [3.63, 3.8) is 0 Å². The van der Waals surface area contributed by atoms with Crippen LogP contribution in [0, 0.1) is 12.7 Å². The number of aryl methyl sites for hydroxylation is 1. The summed E-state index contributed by atoms with van der Waals surface area (Å²) >= 11 is 1.51. The van der Waals surface area contributed by atoms with Crippen LogP contribution in [-0.4, -0.2) is 22.5 Å². The van der Waals surface area contributed by atoms with Gasteiger partial charge in [0.25, 0.3) is 0 Å². The van der Waals surface area contributed by atoms with Crippen molar-refractivity contribution in [1.82, 2.24) is 15.3 Å². The molecule has 160 valence electrons. The molecule has 0 radical (unpaired) electrons. The van der Waals surface area contributed by atoms with E-state index in [1.165, 1.54) is 23.5 Å². The van der Waals surface area contributed by atoms with E-state index in [9.17, 15) is 9.18 Å². The van der Waals surface area contributed by atoms with E-state index in [0.717, 1.165) is 38.9 Å². The number of carbonyl (C=O) groups excluding carboxylic acids is 1. The molecule has 1 fully saturated rings. The van der Waals surface area contributed by atoms with Crippen molar-refractivity contribution < 1.29 is 9.18 Å². The second-order valence-corrected chi connectivity index (χ2v) is 8.39. The molecular weight excluding hydrogens is 425 g/mol. The summed E-state index contributed by atoms with van der Waals surface area (Å²) in [4.78, 5) is 23.2. The maximum Gasteiger partial charge on any atom is 0.322 e. The van der Waals surface area contributed by atoms with Crippen LogP contribution in [-0.2, 0) is 0 Å². The number of aromatic nitrogens is 2. The number of nitrogens with zero attached hydrogens (tertiary/aromatic N) is 3. The van der Waals surface area contributed by atoms with Crippen molar-refractivity contribution in [2.45, 2.75) is 13.0 Å². The normalized spacial score (nSPS) is 15.6. The molecule has 1 unspecified atom stereocenters. The largest absolute Gasteiger partial charge is 0.335 e. The monoisotopic (exact) mass is 445 g/mol. The summed E-state index contributed by atoms with van der Waals surface area (Å²) in [6, 6.07) is 15.6. The average Bonchev–Trinajstić information content (AvgIpc) is 3.43. The molecular formula is C24H20FN5OS. The van der Waals surface area contributed by atoms with Crippen molar-refractivity contribution in [1.29, 1.82) is 0 Å². The van der Waals surface area contributed by atoms with Gasteiger partial charge in [-0.1, -0.05) is 18.2 Å². The summed E-state index contributed by atoms with van der Waals surface area (Å²) in [7, 11) is 0. The van der Waals surface area contributed by atoms with E-state index in [1.54, 1.807) is 29.4 Å². The number of nitrogens with one attached hydrogen (secondary N) is 2. The van der Waals surface area contributed by atoms with E-state index < -0.39 is 0 Å². The fourth-order valence-electron chi connectivity index (χ4n) is 3.74. The molecule has 4 aromatic rings. The molecule has 5 rings (SSSR count). The molecule has 0 bridgehead atoms. The first kappa shape index (κ1) is 20.1. The van der Waals surface area contributed by atoms with E-state index in [-0.39, 0.29) is 17.9 Å². The summed E-state index contributed by atoms with van der Waals surface area (Å²) in [5.74, 6) is -0.298. The summed E-state index contributed by atoms with van der Waals surface area (Å²) in [5.41, 5.74) is 5.34. The summed E-state index contributed by atoms with van der Waals surface area (Å²) in [6.07, 6.45) is 3.52. The molecule has 2 N–H and O–H groups in total. The van der Waals surface area contributed by atoms with Crippen LogP contribution in [0.25, 0.3) is 11.3 Å². The van der Waals surface area contributed by atoms with Crippen LogP contribution in [0.5, 0.6) is 0 Å². The zero-order chi connectivity index (χ0) is 22.1. The second kappa shape index (κ2) is 8.39. The smallest absolute Gasteiger partial charge is 0.322 e. The van der Waals surface area contributed by atoms with Crippen molar-refractivity contribution in [2.24, 2.45) is 0 Å².